The minimum Gasteiger partial charge on any atom is -0.399 e. The molecule has 18 heavy (non-hydrogen) atoms. The van der Waals surface area contributed by atoms with E-state index < -0.39 is 17.2 Å². The molecule has 1 aromatic carbocycles. The Bertz CT molecular complexity index is 684. The number of rotatable bonds is 2. The third kappa shape index (κ3) is 2.46. The van der Waals surface area contributed by atoms with Gasteiger partial charge >= 0.3 is 5.69 Å². The van der Waals surface area contributed by atoms with Crippen molar-refractivity contribution in [2.45, 2.75) is 0 Å². The van der Waals surface area contributed by atoms with Crippen molar-refractivity contribution >= 4 is 17.3 Å². The summed E-state index contributed by atoms with van der Waals surface area (Å²) in [5.41, 5.74) is 5.06. The van der Waals surface area contributed by atoms with Crippen LogP contribution < -0.4 is 22.3 Å². The number of nitrogens with two attached hydrogens (primary N) is 1. The quantitative estimate of drug-likeness (QED) is 0.553. The lowest BCUT2D eigenvalue weighted by molar-refractivity contribution is 0.102. The molecule has 0 saturated carbocycles. The van der Waals surface area contributed by atoms with Crippen molar-refractivity contribution in [3.63, 3.8) is 0 Å². The molecule has 0 atom stereocenters. The maximum Gasteiger partial charge on any atom is 0.325 e. The van der Waals surface area contributed by atoms with E-state index in [1.165, 1.54) is 12.1 Å². The van der Waals surface area contributed by atoms with E-state index in [1.54, 1.807) is 12.1 Å². The van der Waals surface area contributed by atoms with Gasteiger partial charge in [0, 0.05) is 17.4 Å². The Morgan fingerprint density at radius 2 is 1.83 bits per heavy atom. The molecule has 2 aromatic rings. The number of amides is 1. The highest BCUT2D eigenvalue weighted by atomic mass is 16.2. The third-order valence-corrected chi connectivity index (χ3v) is 2.24. The molecular weight excluding hydrogens is 236 g/mol. The van der Waals surface area contributed by atoms with Gasteiger partial charge in [0.1, 0.15) is 5.69 Å². The van der Waals surface area contributed by atoms with Crippen molar-refractivity contribution in [3.8, 4) is 0 Å². The predicted molar refractivity (Wildman–Crippen MR) is 66.5 cm³/mol. The Labute approximate surface area is 101 Å². The van der Waals surface area contributed by atoms with Crippen LogP contribution in [0.5, 0.6) is 0 Å². The van der Waals surface area contributed by atoms with Crippen LogP contribution in [0.3, 0.4) is 0 Å². The fourth-order valence-electron chi connectivity index (χ4n) is 1.33. The number of anilines is 2. The molecule has 2 rings (SSSR count). The van der Waals surface area contributed by atoms with Gasteiger partial charge in [-0.25, -0.2) is 4.79 Å². The van der Waals surface area contributed by atoms with Crippen LogP contribution in [0.25, 0.3) is 0 Å². The Kier molecular flexibility index (Phi) is 2.96. The number of carbonyl (C=O) groups excluding carboxylic acids is 1. The van der Waals surface area contributed by atoms with E-state index in [9.17, 15) is 14.4 Å². The van der Waals surface area contributed by atoms with Crippen LogP contribution in [0.15, 0.2) is 40.1 Å². The van der Waals surface area contributed by atoms with Gasteiger partial charge in [-0.15, -0.1) is 0 Å². The van der Waals surface area contributed by atoms with Crippen molar-refractivity contribution in [1.29, 1.82) is 0 Å². The molecule has 0 bridgehead atoms. The molecule has 0 aliphatic carbocycles. The summed E-state index contributed by atoms with van der Waals surface area (Å²) in [6.45, 7) is 0. The molecule has 0 fully saturated rings. The van der Waals surface area contributed by atoms with Gasteiger partial charge in [-0.3, -0.25) is 14.6 Å². The summed E-state index contributed by atoms with van der Waals surface area (Å²) >= 11 is 0. The summed E-state index contributed by atoms with van der Waals surface area (Å²) in [7, 11) is 0. The van der Waals surface area contributed by atoms with Crippen molar-refractivity contribution in [2.75, 3.05) is 11.1 Å². The molecule has 7 heteroatoms. The van der Waals surface area contributed by atoms with Gasteiger partial charge in [0.05, 0.1) is 0 Å². The number of aromatic amines is 2. The highest BCUT2D eigenvalue weighted by molar-refractivity contribution is 6.04. The molecule has 0 radical (unpaired) electrons. The minimum atomic E-state index is -0.664. The van der Waals surface area contributed by atoms with Crippen LogP contribution >= 0.6 is 0 Å². The summed E-state index contributed by atoms with van der Waals surface area (Å²) in [6, 6.07) is 6.22. The molecule has 1 amide bonds. The molecule has 0 unspecified atom stereocenters. The lowest BCUT2D eigenvalue weighted by Gasteiger charge is -2.03. The van der Waals surface area contributed by atoms with E-state index in [0.29, 0.717) is 11.3 Å². The zero-order valence-electron chi connectivity index (χ0n) is 9.19. The fourth-order valence-corrected chi connectivity index (χ4v) is 1.33. The Balaban J connectivity index is 2.24. The van der Waals surface area contributed by atoms with Gasteiger partial charge in [0.15, 0.2) is 0 Å². The molecule has 1 aromatic heterocycles. The number of nitrogens with one attached hydrogen (secondary N) is 3. The largest absolute Gasteiger partial charge is 0.399 e. The fraction of sp³-hybridized carbons (Fsp3) is 0. The minimum absolute atomic E-state index is 0.0311. The Hall–Kier alpha value is -2.83. The topological polar surface area (TPSA) is 121 Å². The number of H-pyrrole nitrogens is 2. The maximum absolute atomic E-state index is 11.8. The molecule has 0 aliphatic rings. The standard InChI is InChI=1S/C11H10N4O3/c12-7-3-1-6(2-4-7)9(16)14-8-5-13-11(18)15-10(8)17/h1-5H,12H2,(H,14,16)(H2,13,15,17,18). The Morgan fingerprint density at radius 1 is 1.17 bits per heavy atom. The van der Waals surface area contributed by atoms with Crippen LogP contribution in [0.2, 0.25) is 0 Å². The Morgan fingerprint density at radius 3 is 2.44 bits per heavy atom. The summed E-state index contributed by atoms with van der Waals surface area (Å²) in [5, 5.41) is 2.38. The van der Waals surface area contributed by atoms with Crippen LogP contribution in [0.4, 0.5) is 11.4 Å². The van der Waals surface area contributed by atoms with E-state index >= 15 is 0 Å². The third-order valence-electron chi connectivity index (χ3n) is 2.24. The smallest absolute Gasteiger partial charge is 0.325 e. The zero-order chi connectivity index (χ0) is 13.1. The summed E-state index contributed by atoms with van der Waals surface area (Å²) in [5.74, 6) is -0.465. The van der Waals surface area contributed by atoms with E-state index in [0.717, 1.165) is 6.20 Å². The van der Waals surface area contributed by atoms with Gasteiger partial charge in [0.25, 0.3) is 11.5 Å². The van der Waals surface area contributed by atoms with Crippen LogP contribution in [0, 0.1) is 0 Å². The SMILES string of the molecule is Nc1ccc(C(=O)Nc2c[nH]c(=O)[nH]c2=O)cc1. The first kappa shape index (κ1) is 11.6. The average Bonchev–Trinajstić information content (AvgIpc) is 2.33. The molecule has 0 saturated heterocycles. The first-order chi connectivity index (χ1) is 8.56. The number of carbonyl (C=O) groups is 1. The second-order valence-corrected chi connectivity index (χ2v) is 3.56. The summed E-state index contributed by atoms with van der Waals surface area (Å²) < 4.78 is 0. The van der Waals surface area contributed by atoms with E-state index in [4.69, 9.17) is 5.73 Å². The second kappa shape index (κ2) is 4.58. The zero-order valence-corrected chi connectivity index (χ0v) is 9.19. The predicted octanol–water partition coefficient (Wildman–Crippen LogP) is -0.102. The van der Waals surface area contributed by atoms with Gasteiger partial charge in [-0.05, 0) is 24.3 Å². The average molecular weight is 246 g/mol. The van der Waals surface area contributed by atoms with Gasteiger partial charge in [0.2, 0.25) is 0 Å². The normalized spacial score (nSPS) is 10.0. The lowest BCUT2D eigenvalue weighted by Crippen LogP contribution is -2.26. The molecule has 0 aliphatic heterocycles. The molecule has 92 valence electrons. The number of hydrogen-bond donors (Lipinski definition) is 4. The number of aromatic nitrogens is 2. The first-order valence-corrected chi connectivity index (χ1v) is 5.05. The molecular formula is C11H10N4O3. The highest BCUT2D eigenvalue weighted by Crippen LogP contribution is 2.07. The lowest BCUT2D eigenvalue weighted by atomic mass is 10.2. The van der Waals surface area contributed by atoms with E-state index in [1.807, 2.05) is 4.98 Å². The number of benzene rings is 1. The first-order valence-electron chi connectivity index (χ1n) is 5.05. The van der Waals surface area contributed by atoms with Gasteiger partial charge in [-0.1, -0.05) is 0 Å². The molecule has 7 nitrogen and oxygen atoms in total. The van der Waals surface area contributed by atoms with Crippen LogP contribution in [-0.2, 0) is 0 Å². The second-order valence-electron chi connectivity index (χ2n) is 3.56. The molecule has 0 spiro atoms. The highest BCUT2D eigenvalue weighted by Gasteiger charge is 2.08. The van der Waals surface area contributed by atoms with E-state index in [-0.39, 0.29) is 5.69 Å². The van der Waals surface area contributed by atoms with Crippen LogP contribution in [-0.4, -0.2) is 15.9 Å². The number of hydrogen-bond acceptors (Lipinski definition) is 4. The number of nitrogen functional groups attached to an aromatic ring is 1. The van der Waals surface area contributed by atoms with Crippen molar-refractivity contribution in [1.82, 2.24) is 9.97 Å². The molecule has 5 N–H and O–H groups in total. The summed E-state index contributed by atoms with van der Waals surface area (Å²) in [4.78, 5) is 38.2. The molecule has 1 heterocycles. The van der Waals surface area contributed by atoms with Crippen molar-refractivity contribution in [2.24, 2.45) is 0 Å². The van der Waals surface area contributed by atoms with Crippen molar-refractivity contribution < 1.29 is 4.79 Å². The van der Waals surface area contributed by atoms with Crippen molar-refractivity contribution in [3.05, 3.63) is 56.9 Å². The van der Waals surface area contributed by atoms with Gasteiger partial charge in [-0.2, -0.15) is 0 Å². The summed E-state index contributed by atoms with van der Waals surface area (Å²) in [6.07, 6.45) is 1.14. The van der Waals surface area contributed by atoms with Crippen LogP contribution in [0.1, 0.15) is 10.4 Å². The van der Waals surface area contributed by atoms with Gasteiger partial charge < -0.3 is 16.0 Å². The monoisotopic (exact) mass is 246 g/mol. The maximum atomic E-state index is 11.8. The van der Waals surface area contributed by atoms with E-state index in [2.05, 4.69) is 10.3 Å².